The fraction of sp³-hybridized carbons (Fsp3) is 0.441. The molecule has 2 aromatic heterocycles. The van der Waals surface area contributed by atoms with Crippen molar-refractivity contribution in [3.05, 3.63) is 81.1 Å². The largest absolute Gasteiger partial charge is 0.386 e. The lowest BCUT2D eigenvalue weighted by Gasteiger charge is -2.40. The number of halogens is 2. The molecule has 0 amide bonds. The van der Waals surface area contributed by atoms with E-state index in [2.05, 4.69) is 53.2 Å². The van der Waals surface area contributed by atoms with Gasteiger partial charge in [0.05, 0.1) is 22.9 Å². The maximum Gasteiger partial charge on any atom is 0.354 e. The van der Waals surface area contributed by atoms with Crippen LogP contribution >= 0.6 is 11.6 Å². The quantitative estimate of drug-likeness (QED) is 0.114. The predicted octanol–water partition coefficient (Wildman–Crippen LogP) is 6.43. The standard InChI is InChI=1S/C34H43ClFN7O/c1-21(2)6-4-7-22-16-26(31(36)27(35)17-22)29-18-24-20-43(33(44)41-32(24)40-29)25-11-9-23(10-12-25)28-8-5-13-34(3,42-28)14-15-39-30(38)19-37/h9-12,16-18,20-21,28,42H,4-8,13-15,19,37H2,1-3H3,(H2,38,39)(H,40,41,44)/t28-,34?/m0/s1. The first-order valence-electron chi connectivity index (χ1n) is 15.5. The summed E-state index contributed by atoms with van der Waals surface area (Å²) >= 11 is 6.29. The van der Waals surface area contributed by atoms with Crippen LogP contribution in [0.4, 0.5) is 4.39 Å². The van der Waals surface area contributed by atoms with Gasteiger partial charge in [-0.2, -0.15) is 4.98 Å². The van der Waals surface area contributed by atoms with Crippen molar-refractivity contribution in [1.82, 2.24) is 19.9 Å². The van der Waals surface area contributed by atoms with Gasteiger partial charge < -0.3 is 21.8 Å². The van der Waals surface area contributed by atoms with Crippen LogP contribution in [0.15, 0.2) is 58.4 Å². The lowest BCUT2D eigenvalue weighted by Crippen LogP contribution is -2.48. The molecule has 4 aromatic rings. The number of aryl methyl sites for hydroxylation is 1. The molecule has 2 aromatic carbocycles. The Labute approximate surface area is 263 Å². The Kier molecular flexibility index (Phi) is 9.87. The van der Waals surface area contributed by atoms with Gasteiger partial charge in [0.2, 0.25) is 0 Å². The number of nitrogens with zero attached hydrogens (tertiary/aromatic N) is 3. The van der Waals surface area contributed by atoms with Gasteiger partial charge in [-0.25, -0.2) is 9.18 Å². The molecule has 2 atom stereocenters. The first kappa shape index (κ1) is 31.9. The summed E-state index contributed by atoms with van der Waals surface area (Å²) in [5.41, 5.74) is 15.0. The Morgan fingerprint density at radius 3 is 2.75 bits per heavy atom. The monoisotopic (exact) mass is 619 g/mol. The van der Waals surface area contributed by atoms with E-state index in [9.17, 15) is 4.79 Å². The van der Waals surface area contributed by atoms with Crippen LogP contribution < -0.4 is 22.5 Å². The Hall–Kier alpha value is -3.53. The number of aromatic amines is 1. The van der Waals surface area contributed by atoms with Crippen molar-refractivity contribution in [3.8, 4) is 16.9 Å². The molecular formula is C34H43ClFN7O. The maximum atomic E-state index is 15.2. The molecule has 0 radical (unpaired) electrons. The highest BCUT2D eigenvalue weighted by atomic mass is 35.5. The van der Waals surface area contributed by atoms with Gasteiger partial charge in [-0.05, 0) is 92.8 Å². The molecule has 0 saturated carbocycles. The molecule has 0 aliphatic carbocycles. The van der Waals surface area contributed by atoms with E-state index in [0.717, 1.165) is 56.1 Å². The fourth-order valence-electron chi connectivity index (χ4n) is 6.11. The lowest BCUT2D eigenvalue weighted by atomic mass is 9.83. The summed E-state index contributed by atoms with van der Waals surface area (Å²) in [6.07, 6.45) is 8.73. The van der Waals surface area contributed by atoms with Crippen LogP contribution in [0.3, 0.4) is 0 Å². The molecule has 10 heteroatoms. The topological polar surface area (TPSA) is 127 Å². The lowest BCUT2D eigenvalue weighted by molar-refractivity contribution is 0.215. The van der Waals surface area contributed by atoms with Crippen molar-refractivity contribution in [3.63, 3.8) is 0 Å². The second kappa shape index (κ2) is 13.6. The van der Waals surface area contributed by atoms with Crippen LogP contribution in [0.2, 0.25) is 5.02 Å². The number of hydrogen-bond donors (Lipinski definition) is 4. The number of rotatable bonds is 11. The normalized spacial score (nSPS) is 19.2. The summed E-state index contributed by atoms with van der Waals surface area (Å²) in [7, 11) is 0. The van der Waals surface area contributed by atoms with Gasteiger partial charge in [0.25, 0.3) is 0 Å². The van der Waals surface area contributed by atoms with Gasteiger partial charge in [0.1, 0.15) is 11.5 Å². The summed E-state index contributed by atoms with van der Waals surface area (Å²) in [5, 5.41) is 4.60. The third kappa shape index (κ3) is 7.39. The van der Waals surface area contributed by atoms with Crippen molar-refractivity contribution >= 4 is 28.5 Å². The number of piperidine rings is 1. The number of aliphatic imine (C=N–C) groups is 1. The first-order valence-corrected chi connectivity index (χ1v) is 15.9. The third-order valence-electron chi connectivity index (χ3n) is 8.64. The van der Waals surface area contributed by atoms with Crippen LogP contribution in [-0.2, 0) is 6.42 Å². The zero-order valence-electron chi connectivity index (χ0n) is 25.8. The van der Waals surface area contributed by atoms with Gasteiger partial charge in [-0.1, -0.05) is 44.0 Å². The number of hydrogen-bond acceptors (Lipinski definition) is 5. The van der Waals surface area contributed by atoms with E-state index in [1.165, 1.54) is 4.57 Å². The number of aromatic nitrogens is 3. The second-order valence-corrected chi connectivity index (χ2v) is 13.1. The van der Waals surface area contributed by atoms with Gasteiger partial charge in [0.15, 0.2) is 5.82 Å². The highest BCUT2D eigenvalue weighted by Gasteiger charge is 2.31. The molecule has 0 spiro atoms. The first-order chi connectivity index (χ1) is 21.0. The Balaban J connectivity index is 1.35. The van der Waals surface area contributed by atoms with E-state index in [1.807, 2.05) is 24.3 Å². The number of benzene rings is 2. The third-order valence-corrected chi connectivity index (χ3v) is 8.91. The number of H-pyrrole nitrogens is 1. The molecule has 1 aliphatic rings. The number of nitrogens with two attached hydrogens (primary N) is 2. The molecule has 234 valence electrons. The van der Waals surface area contributed by atoms with Crippen LogP contribution in [0.5, 0.6) is 0 Å². The molecule has 44 heavy (non-hydrogen) atoms. The predicted molar refractivity (Wildman–Crippen MR) is 178 cm³/mol. The van der Waals surface area contributed by atoms with Crippen LogP contribution in [0, 0.1) is 11.7 Å². The SMILES string of the molecule is CC(C)CCCc1cc(Cl)c(F)c(-c2cc3cn(-c4ccc([C@@H]5CCCC(C)(CCN=C(N)CN)N5)cc4)c(=O)nc3[nH]2)c1. The molecule has 1 unspecified atom stereocenters. The Bertz CT molecular complexity index is 1690. The zero-order chi connectivity index (χ0) is 31.4. The van der Waals surface area contributed by atoms with Crippen molar-refractivity contribution in [1.29, 1.82) is 0 Å². The maximum absolute atomic E-state index is 15.2. The average Bonchev–Trinajstić information content (AvgIpc) is 3.40. The minimum atomic E-state index is -0.489. The van der Waals surface area contributed by atoms with E-state index in [4.69, 9.17) is 23.1 Å². The summed E-state index contributed by atoms with van der Waals surface area (Å²) in [6.45, 7) is 7.53. The van der Waals surface area contributed by atoms with E-state index in [1.54, 1.807) is 12.3 Å². The van der Waals surface area contributed by atoms with Gasteiger partial charge in [0, 0.05) is 35.3 Å². The van der Waals surface area contributed by atoms with E-state index in [-0.39, 0.29) is 23.1 Å². The molecular weight excluding hydrogens is 577 g/mol. The van der Waals surface area contributed by atoms with Crippen LogP contribution in [0.1, 0.15) is 76.5 Å². The van der Waals surface area contributed by atoms with E-state index < -0.39 is 11.5 Å². The minimum absolute atomic E-state index is 0.0465. The second-order valence-electron chi connectivity index (χ2n) is 12.7. The minimum Gasteiger partial charge on any atom is -0.386 e. The number of amidine groups is 1. The van der Waals surface area contributed by atoms with Crippen LogP contribution in [-0.4, -0.2) is 39.0 Å². The Morgan fingerprint density at radius 2 is 2.02 bits per heavy atom. The highest BCUT2D eigenvalue weighted by molar-refractivity contribution is 6.31. The highest BCUT2D eigenvalue weighted by Crippen LogP contribution is 2.34. The molecule has 8 nitrogen and oxygen atoms in total. The van der Waals surface area contributed by atoms with E-state index in [0.29, 0.717) is 46.3 Å². The Morgan fingerprint density at radius 1 is 1.25 bits per heavy atom. The molecule has 1 fully saturated rings. The summed E-state index contributed by atoms with van der Waals surface area (Å²) in [6, 6.07) is 13.6. The summed E-state index contributed by atoms with van der Waals surface area (Å²) in [4.78, 5) is 24.8. The van der Waals surface area contributed by atoms with Gasteiger partial charge in [-0.15, -0.1) is 0 Å². The van der Waals surface area contributed by atoms with Crippen LogP contribution in [0.25, 0.3) is 28.0 Å². The van der Waals surface area contributed by atoms with Crippen molar-refractivity contribution < 1.29 is 4.39 Å². The van der Waals surface area contributed by atoms with Gasteiger partial charge in [-0.3, -0.25) is 9.56 Å². The van der Waals surface area contributed by atoms with Gasteiger partial charge >= 0.3 is 5.69 Å². The number of fused-ring (bicyclic) bond motifs is 1. The number of nitrogens with one attached hydrogen (secondary N) is 2. The summed E-state index contributed by atoms with van der Waals surface area (Å²) in [5.74, 6) is 0.595. The smallest absolute Gasteiger partial charge is 0.354 e. The molecule has 5 rings (SSSR count). The average molecular weight is 620 g/mol. The van der Waals surface area contributed by atoms with E-state index >= 15 is 4.39 Å². The van der Waals surface area contributed by atoms with Crippen molar-refractivity contribution in [2.24, 2.45) is 22.4 Å². The molecule has 6 N–H and O–H groups in total. The fourth-order valence-corrected chi connectivity index (χ4v) is 6.35. The van der Waals surface area contributed by atoms with Crippen molar-refractivity contribution in [2.45, 2.75) is 77.3 Å². The molecule has 0 bridgehead atoms. The molecule has 1 saturated heterocycles. The molecule has 1 aliphatic heterocycles. The zero-order valence-corrected chi connectivity index (χ0v) is 26.6. The van der Waals surface area contributed by atoms with Crippen molar-refractivity contribution in [2.75, 3.05) is 13.1 Å². The molecule has 3 heterocycles. The summed E-state index contributed by atoms with van der Waals surface area (Å²) < 4.78 is 16.7.